The van der Waals surface area contributed by atoms with E-state index < -0.39 is 0 Å². The van der Waals surface area contributed by atoms with Gasteiger partial charge in [0.2, 0.25) is 5.89 Å². The van der Waals surface area contributed by atoms with Crippen LogP contribution in [0.1, 0.15) is 37.3 Å². The van der Waals surface area contributed by atoms with Gasteiger partial charge in [0.25, 0.3) is 0 Å². The zero-order chi connectivity index (χ0) is 21.3. The van der Waals surface area contributed by atoms with Crippen LogP contribution in [0.5, 0.6) is 5.75 Å². The molecule has 0 saturated heterocycles. The molecular formula is C24H20BrClN2O2. The van der Waals surface area contributed by atoms with E-state index in [0.717, 1.165) is 28.8 Å². The first-order chi connectivity index (χ1) is 14.4. The van der Waals surface area contributed by atoms with Crippen LogP contribution in [-0.2, 0) is 0 Å². The van der Waals surface area contributed by atoms with Crippen LogP contribution >= 0.6 is 27.5 Å². The molecule has 1 heterocycles. The van der Waals surface area contributed by atoms with Gasteiger partial charge in [-0.3, -0.25) is 4.99 Å². The fraction of sp³-hybridized carbons (Fsp3) is 0.167. The maximum absolute atomic E-state index is 10.1. The number of hydrogen-bond donors (Lipinski definition) is 1. The van der Waals surface area contributed by atoms with E-state index in [-0.39, 0.29) is 5.75 Å². The normalized spacial score (nSPS) is 12.7. The van der Waals surface area contributed by atoms with E-state index in [1.807, 2.05) is 30.3 Å². The fourth-order valence-electron chi connectivity index (χ4n) is 3.13. The average Bonchev–Trinajstić information content (AvgIpc) is 3.18. The molecule has 1 aromatic heterocycles. The van der Waals surface area contributed by atoms with Crippen molar-refractivity contribution in [2.24, 2.45) is 4.99 Å². The summed E-state index contributed by atoms with van der Waals surface area (Å²) in [4.78, 5) is 9.08. The Hall–Kier alpha value is -2.63. The maximum atomic E-state index is 10.1. The number of aromatic nitrogens is 1. The third-order valence-electron chi connectivity index (χ3n) is 5.12. The molecule has 1 atom stereocenters. The number of benzene rings is 3. The van der Waals surface area contributed by atoms with Gasteiger partial charge in [0.15, 0.2) is 5.58 Å². The molecule has 6 heteroatoms. The van der Waals surface area contributed by atoms with Crippen LogP contribution in [0.3, 0.4) is 0 Å². The molecule has 0 radical (unpaired) electrons. The third kappa shape index (κ3) is 4.27. The first-order valence-electron chi connectivity index (χ1n) is 9.67. The summed E-state index contributed by atoms with van der Waals surface area (Å²) in [5.41, 5.74) is 5.07. The highest BCUT2D eigenvalue weighted by molar-refractivity contribution is 9.10. The maximum Gasteiger partial charge on any atom is 0.227 e. The number of phenolic OH excluding ortho intramolecular Hbond substituents is 1. The Morgan fingerprint density at radius 1 is 1.17 bits per heavy atom. The van der Waals surface area contributed by atoms with Gasteiger partial charge in [0.1, 0.15) is 11.3 Å². The Balaban J connectivity index is 1.58. The van der Waals surface area contributed by atoms with Gasteiger partial charge in [-0.1, -0.05) is 31.5 Å². The summed E-state index contributed by atoms with van der Waals surface area (Å²) in [5.74, 6) is 1.17. The van der Waals surface area contributed by atoms with Crippen molar-refractivity contribution >= 4 is 50.5 Å². The van der Waals surface area contributed by atoms with Crippen LogP contribution in [-0.4, -0.2) is 16.3 Å². The molecule has 0 amide bonds. The average molecular weight is 484 g/mol. The second kappa shape index (κ2) is 8.62. The van der Waals surface area contributed by atoms with Gasteiger partial charge < -0.3 is 9.52 Å². The molecule has 0 saturated carbocycles. The second-order valence-electron chi connectivity index (χ2n) is 7.19. The topological polar surface area (TPSA) is 58.6 Å². The number of rotatable bonds is 5. The van der Waals surface area contributed by atoms with Crippen molar-refractivity contribution in [1.29, 1.82) is 0 Å². The van der Waals surface area contributed by atoms with Crippen molar-refractivity contribution in [2.45, 2.75) is 26.2 Å². The molecule has 30 heavy (non-hydrogen) atoms. The van der Waals surface area contributed by atoms with Gasteiger partial charge in [0.05, 0.1) is 10.2 Å². The Morgan fingerprint density at radius 3 is 2.67 bits per heavy atom. The highest BCUT2D eigenvalue weighted by Gasteiger charge is 2.11. The standard InChI is InChI=1S/C24H20BrClN2O2/c1-3-14(2)16-6-9-22-21(11-16)28-24(30-22)15-4-7-19(8-5-15)27-13-17-10-18(26)12-20(25)23(17)29/h4-14,29H,3H2,1-2H3/t14-/m1/s1. The Morgan fingerprint density at radius 2 is 1.93 bits per heavy atom. The zero-order valence-electron chi connectivity index (χ0n) is 16.6. The van der Waals surface area contributed by atoms with Gasteiger partial charge in [-0.2, -0.15) is 0 Å². The Labute approximate surface area is 188 Å². The lowest BCUT2D eigenvalue weighted by Gasteiger charge is -2.07. The molecule has 1 N–H and O–H groups in total. The van der Waals surface area contributed by atoms with E-state index in [1.165, 1.54) is 5.56 Å². The van der Waals surface area contributed by atoms with Gasteiger partial charge in [-0.15, -0.1) is 0 Å². The smallest absolute Gasteiger partial charge is 0.227 e. The molecule has 0 fully saturated rings. The van der Waals surface area contributed by atoms with Gasteiger partial charge in [-0.25, -0.2) is 4.98 Å². The van der Waals surface area contributed by atoms with Crippen molar-refractivity contribution in [1.82, 2.24) is 4.98 Å². The SMILES string of the molecule is CC[C@@H](C)c1ccc2oc(-c3ccc(N=Cc4cc(Cl)cc(Br)c4O)cc3)nc2c1. The lowest BCUT2D eigenvalue weighted by Crippen LogP contribution is -1.90. The van der Waals surface area contributed by atoms with E-state index in [4.69, 9.17) is 16.0 Å². The molecule has 4 nitrogen and oxygen atoms in total. The van der Waals surface area contributed by atoms with Crippen molar-refractivity contribution < 1.29 is 9.52 Å². The van der Waals surface area contributed by atoms with E-state index in [1.54, 1.807) is 18.3 Å². The van der Waals surface area contributed by atoms with Crippen molar-refractivity contribution in [3.63, 3.8) is 0 Å². The predicted octanol–water partition coefficient (Wildman–Crippen LogP) is 7.88. The minimum absolute atomic E-state index is 0.100. The van der Waals surface area contributed by atoms with Gasteiger partial charge in [0, 0.05) is 22.4 Å². The van der Waals surface area contributed by atoms with Crippen molar-refractivity contribution in [2.75, 3.05) is 0 Å². The molecular weight excluding hydrogens is 464 g/mol. The number of aliphatic imine (C=N–C) groups is 1. The van der Waals surface area contributed by atoms with Crippen LogP contribution in [0.2, 0.25) is 5.02 Å². The molecule has 0 aliphatic heterocycles. The van der Waals surface area contributed by atoms with E-state index in [2.05, 4.69) is 51.9 Å². The molecule has 152 valence electrons. The molecule has 0 unspecified atom stereocenters. The number of halogens is 2. The monoisotopic (exact) mass is 482 g/mol. The Bertz CT molecular complexity index is 1230. The number of nitrogens with zero attached hydrogens (tertiary/aromatic N) is 2. The lowest BCUT2D eigenvalue weighted by atomic mass is 9.98. The molecule has 0 spiro atoms. The third-order valence-corrected chi connectivity index (χ3v) is 5.94. The molecule has 3 aromatic carbocycles. The lowest BCUT2D eigenvalue weighted by molar-refractivity contribution is 0.471. The largest absolute Gasteiger partial charge is 0.506 e. The Kier molecular flexibility index (Phi) is 5.93. The number of phenols is 1. The number of oxazole rings is 1. The summed E-state index contributed by atoms with van der Waals surface area (Å²) < 4.78 is 6.46. The number of fused-ring (bicyclic) bond motifs is 1. The summed E-state index contributed by atoms with van der Waals surface area (Å²) in [6.07, 6.45) is 2.67. The first kappa shape index (κ1) is 20.6. The number of aromatic hydroxyl groups is 1. The van der Waals surface area contributed by atoms with Crippen LogP contribution in [0, 0.1) is 0 Å². The fourth-order valence-corrected chi connectivity index (χ4v) is 3.96. The van der Waals surface area contributed by atoms with Crippen molar-refractivity contribution in [3.05, 3.63) is 75.2 Å². The summed E-state index contributed by atoms with van der Waals surface area (Å²) >= 11 is 9.32. The minimum Gasteiger partial charge on any atom is -0.506 e. The highest BCUT2D eigenvalue weighted by atomic mass is 79.9. The summed E-state index contributed by atoms with van der Waals surface area (Å²) in [7, 11) is 0. The summed E-state index contributed by atoms with van der Waals surface area (Å²) in [6, 6.07) is 17.1. The highest BCUT2D eigenvalue weighted by Crippen LogP contribution is 2.31. The van der Waals surface area contributed by atoms with Crippen LogP contribution in [0.4, 0.5) is 5.69 Å². The predicted molar refractivity (Wildman–Crippen MR) is 126 cm³/mol. The molecule has 0 aliphatic rings. The summed E-state index contributed by atoms with van der Waals surface area (Å²) in [5, 5.41) is 10.6. The van der Waals surface area contributed by atoms with Gasteiger partial charge >= 0.3 is 0 Å². The van der Waals surface area contributed by atoms with E-state index in [9.17, 15) is 5.11 Å². The number of hydrogen-bond acceptors (Lipinski definition) is 4. The van der Waals surface area contributed by atoms with Crippen LogP contribution in [0.25, 0.3) is 22.6 Å². The second-order valence-corrected chi connectivity index (χ2v) is 8.48. The van der Waals surface area contributed by atoms with Crippen LogP contribution < -0.4 is 0 Å². The minimum atomic E-state index is 0.100. The van der Waals surface area contributed by atoms with Crippen LogP contribution in [0.15, 0.2) is 68.5 Å². The van der Waals surface area contributed by atoms with E-state index >= 15 is 0 Å². The molecule has 4 rings (SSSR count). The molecule has 4 aromatic rings. The first-order valence-corrected chi connectivity index (χ1v) is 10.8. The van der Waals surface area contributed by atoms with Gasteiger partial charge in [-0.05, 0) is 82.4 Å². The molecule has 0 bridgehead atoms. The summed E-state index contributed by atoms with van der Waals surface area (Å²) in [6.45, 7) is 4.39. The van der Waals surface area contributed by atoms with E-state index in [0.29, 0.717) is 26.9 Å². The van der Waals surface area contributed by atoms with Crippen molar-refractivity contribution in [3.8, 4) is 17.2 Å². The quantitative estimate of drug-likeness (QED) is 0.294. The zero-order valence-corrected chi connectivity index (χ0v) is 18.9. The molecule has 0 aliphatic carbocycles.